The second kappa shape index (κ2) is 8.94. The lowest BCUT2D eigenvalue weighted by molar-refractivity contribution is 0.0822. The van der Waals surface area contributed by atoms with Gasteiger partial charge in [0.2, 0.25) is 5.88 Å². The fourth-order valence-corrected chi connectivity index (χ4v) is 4.60. The van der Waals surface area contributed by atoms with Crippen LogP contribution in [-0.2, 0) is 0 Å². The summed E-state index contributed by atoms with van der Waals surface area (Å²) in [5.41, 5.74) is 3.51. The van der Waals surface area contributed by atoms with Crippen LogP contribution >= 0.6 is 0 Å². The average molecular weight is 446 g/mol. The Labute approximate surface area is 193 Å². The van der Waals surface area contributed by atoms with Gasteiger partial charge in [-0.2, -0.15) is 0 Å². The third-order valence-corrected chi connectivity index (χ3v) is 6.56. The number of aromatic amines is 1. The third kappa shape index (κ3) is 4.35. The predicted octanol–water partition coefficient (Wildman–Crippen LogP) is 4.63. The van der Waals surface area contributed by atoms with E-state index in [2.05, 4.69) is 82.1 Å². The lowest BCUT2D eigenvalue weighted by Gasteiger charge is -2.34. The van der Waals surface area contributed by atoms with E-state index in [4.69, 9.17) is 9.72 Å². The molecule has 1 aliphatic heterocycles. The standard InChI is InChI=1S/C25H31N7O/c1-15(2)32-10-8-19(9-11-32)33-25-21-16(3)6-5-7-18(21)12-20(31-25)17(4)30-24-22-23(27-13-26-22)28-14-29-24/h5-7,12-15,17,19H,8-11H2,1-4H3,(H2,26,27,28,29,30)/t17-/m0/s1. The Balaban J connectivity index is 1.44. The Kier molecular flexibility index (Phi) is 5.85. The van der Waals surface area contributed by atoms with Crippen LogP contribution in [0.3, 0.4) is 0 Å². The molecule has 8 nitrogen and oxygen atoms in total. The maximum Gasteiger partial charge on any atom is 0.222 e. The normalized spacial score (nSPS) is 16.5. The summed E-state index contributed by atoms with van der Waals surface area (Å²) < 4.78 is 6.57. The number of anilines is 1. The van der Waals surface area contributed by atoms with Crippen molar-refractivity contribution in [3.8, 4) is 5.88 Å². The number of nitrogens with one attached hydrogen (secondary N) is 2. The molecule has 5 rings (SSSR count). The molecule has 1 saturated heterocycles. The number of pyridine rings is 1. The number of aromatic nitrogens is 5. The first-order chi connectivity index (χ1) is 16.0. The lowest BCUT2D eigenvalue weighted by Crippen LogP contribution is -2.41. The number of likely N-dealkylation sites (tertiary alicyclic amines) is 1. The highest BCUT2D eigenvalue weighted by Gasteiger charge is 2.24. The van der Waals surface area contributed by atoms with Crippen molar-refractivity contribution in [3.05, 3.63) is 48.2 Å². The zero-order valence-electron chi connectivity index (χ0n) is 19.7. The number of aryl methyl sites for hydroxylation is 1. The molecule has 172 valence electrons. The van der Waals surface area contributed by atoms with Gasteiger partial charge in [-0.25, -0.2) is 19.9 Å². The molecule has 2 N–H and O–H groups in total. The summed E-state index contributed by atoms with van der Waals surface area (Å²) in [7, 11) is 0. The fraction of sp³-hybridized carbons (Fsp3) is 0.440. The number of H-pyrrole nitrogens is 1. The van der Waals surface area contributed by atoms with Gasteiger partial charge in [-0.05, 0) is 57.6 Å². The zero-order chi connectivity index (χ0) is 22.9. The number of fused-ring (bicyclic) bond motifs is 2. The van der Waals surface area contributed by atoms with E-state index in [1.165, 1.54) is 11.9 Å². The molecule has 4 aromatic rings. The van der Waals surface area contributed by atoms with Crippen molar-refractivity contribution in [2.45, 2.75) is 58.7 Å². The van der Waals surface area contributed by atoms with E-state index in [0.29, 0.717) is 17.5 Å². The van der Waals surface area contributed by atoms with Crippen molar-refractivity contribution in [2.75, 3.05) is 18.4 Å². The number of ether oxygens (including phenoxy) is 1. The summed E-state index contributed by atoms with van der Waals surface area (Å²) in [4.78, 5) is 23.4. The Hall–Kier alpha value is -3.26. The second-order valence-electron chi connectivity index (χ2n) is 9.16. The Bertz CT molecular complexity index is 1260. The maximum atomic E-state index is 6.57. The van der Waals surface area contributed by atoms with E-state index in [-0.39, 0.29) is 12.1 Å². The van der Waals surface area contributed by atoms with Crippen molar-refractivity contribution in [1.29, 1.82) is 0 Å². The molecular formula is C25H31N7O. The Morgan fingerprint density at radius 2 is 1.94 bits per heavy atom. The monoisotopic (exact) mass is 445 g/mol. The maximum absolute atomic E-state index is 6.57. The van der Waals surface area contributed by atoms with Crippen LogP contribution < -0.4 is 10.1 Å². The SMILES string of the molecule is Cc1cccc2cc([C@H](C)Nc3ncnc4nc[nH]c34)nc(OC3CCN(C(C)C)CC3)c12. The minimum absolute atomic E-state index is 0.0820. The van der Waals surface area contributed by atoms with Gasteiger partial charge in [-0.1, -0.05) is 18.2 Å². The highest BCUT2D eigenvalue weighted by Crippen LogP contribution is 2.32. The van der Waals surface area contributed by atoms with E-state index in [1.54, 1.807) is 6.33 Å². The molecule has 0 unspecified atom stereocenters. The van der Waals surface area contributed by atoms with E-state index in [0.717, 1.165) is 53.8 Å². The smallest absolute Gasteiger partial charge is 0.222 e. The van der Waals surface area contributed by atoms with Crippen LogP contribution in [0, 0.1) is 6.92 Å². The van der Waals surface area contributed by atoms with Crippen molar-refractivity contribution < 1.29 is 4.74 Å². The fourth-order valence-electron chi connectivity index (χ4n) is 4.60. The first-order valence-corrected chi connectivity index (χ1v) is 11.7. The van der Waals surface area contributed by atoms with Crippen LogP contribution in [0.15, 0.2) is 36.9 Å². The van der Waals surface area contributed by atoms with Gasteiger partial charge < -0.3 is 19.9 Å². The second-order valence-corrected chi connectivity index (χ2v) is 9.16. The van der Waals surface area contributed by atoms with Gasteiger partial charge in [0.1, 0.15) is 17.9 Å². The van der Waals surface area contributed by atoms with Gasteiger partial charge in [-0.15, -0.1) is 0 Å². The van der Waals surface area contributed by atoms with Crippen molar-refractivity contribution in [2.24, 2.45) is 0 Å². The molecule has 1 atom stereocenters. The van der Waals surface area contributed by atoms with Crippen molar-refractivity contribution in [1.82, 2.24) is 29.8 Å². The van der Waals surface area contributed by atoms with Crippen LogP contribution in [-0.4, -0.2) is 55.1 Å². The van der Waals surface area contributed by atoms with Crippen LogP contribution in [0.4, 0.5) is 5.82 Å². The Morgan fingerprint density at radius 1 is 1.12 bits per heavy atom. The highest BCUT2D eigenvalue weighted by atomic mass is 16.5. The van der Waals surface area contributed by atoms with Crippen LogP contribution in [0.5, 0.6) is 5.88 Å². The largest absolute Gasteiger partial charge is 0.474 e. The number of hydrogen-bond acceptors (Lipinski definition) is 7. The molecule has 4 heterocycles. The molecule has 0 spiro atoms. The molecule has 1 fully saturated rings. The van der Waals surface area contributed by atoms with Gasteiger partial charge in [0.25, 0.3) is 0 Å². The first kappa shape index (κ1) is 21.6. The molecule has 8 heteroatoms. The topological polar surface area (TPSA) is 91.9 Å². The molecular weight excluding hydrogens is 414 g/mol. The van der Waals surface area contributed by atoms with Gasteiger partial charge in [0.05, 0.1) is 18.1 Å². The number of nitrogens with zero attached hydrogens (tertiary/aromatic N) is 5. The molecule has 1 aliphatic rings. The molecule has 0 aliphatic carbocycles. The number of hydrogen-bond donors (Lipinski definition) is 2. The number of piperidine rings is 1. The molecule has 0 bridgehead atoms. The van der Waals surface area contributed by atoms with Crippen molar-refractivity contribution in [3.63, 3.8) is 0 Å². The molecule has 3 aromatic heterocycles. The summed E-state index contributed by atoms with van der Waals surface area (Å²) in [6, 6.07) is 8.97. The van der Waals surface area contributed by atoms with E-state index >= 15 is 0 Å². The summed E-state index contributed by atoms with van der Waals surface area (Å²) in [5.74, 6) is 1.44. The van der Waals surface area contributed by atoms with E-state index in [1.807, 2.05) is 0 Å². The van der Waals surface area contributed by atoms with Gasteiger partial charge in [0, 0.05) is 24.5 Å². The Morgan fingerprint density at radius 3 is 2.73 bits per heavy atom. The van der Waals surface area contributed by atoms with Gasteiger partial charge >= 0.3 is 0 Å². The molecule has 1 aromatic carbocycles. The molecule has 0 radical (unpaired) electrons. The van der Waals surface area contributed by atoms with Gasteiger partial charge in [0.15, 0.2) is 11.5 Å². The summed E-state index contributed by atoms with van der Waals surface area (Å²) in [6.45, 7) is 10.8. The summed E-state index contributed by atoms with van der Waals surface area (Å²) in [6.07, 6.45) is 5.37. The minimum atomic E-state index is -0.0820. The first-order valence-electron chi connectivity index (χ1n) is 11.7. The van der Waals surface area contributed by atoms with Crippen molar-refractivity contribution >= 4 is 27.8 Å². The van der Waals surface area contributed by atoms with Crippen LogP contribution in [0.25, 0.3) is 21.9 Å². The molecule has 33 heavy (non-hydrogen) atoms. The molecule has 0 saturated carbocycles. The number of imidazole rings is 1. The quantitative estimate of drug-likeness (QED) is 0.447. The minimum Gasteiger partial charge on any atom is -0.474 e. The average Bonchev–Trinajstić information content (AvgIpc) is 3.29. The third-order valence-electron chi connectivity index (χ3n) is 6.56. The molecule has 0 amide bonds. The predicted molar refractivity (Wildman–Crippen MR) is 131 cm³/mol. The van der Waals surface area contributed by atoms with Crippen LogP contribution in [0.2, 0.25) is 0 Å². The summed E-state index contributed by atoms with van der Waals surface area (Å²) in [5, 5.41) is 5.70. The lowest BCUT2D eigenvalue weighted by atomic mass is 10.0. The number of rotatable bonds is 6. The van der Waals surface area contributed by atoms with E-state index < -0.39 is 0 Å². The van der Waals surface area contributed by atoms with Crippen LogP contribution in [0.1, 0.15) is 50.9 Å². The highest BCUT2D eigenvalue weighted by molar-refractivity contribution is 5.90. The zero-order valence-corrected chi connectivity index (χ0v) is 19.7. The summed E-state index contributed by atoms with van der Waals surface area (Å²) >= 11 is 0. The van der Waals surface area contributed by atoms with E-state index in [9.17, 15) is 0 Å². The number of benzene rings is 1. The van der Waals surface area contributed by atoms with Gasteiger partial charge in [-0.3, -0.25) is 0 Å².